The topological polar surface area (TPSA) is 29.3 Å². The highest BCUT2D eigenvalue weighted by atomic mass is 15.2. The molecule has 0 aromatic heterocycles. The van der Waals surface area contributed by atoms with E-state index in [2.05, 4.69) is 18.7 Å². The molecule has 2 rings (SSSR count). The average Bonchev–Trinajstić information content (AvgIpc) is 2.69. The minimum Gasteiger partial charge on any atom is -0.330 e. The summed E-state index contributed by atoms with van der Waals surface area (Å²) in [6, 6.07) is 0.789. The van der Waals surface area contributed by atoms with Crippen molar-refractivity contribution in [2.24, 2.45) is 11.7 Å². The predicted molar refractivity (Wildman–Crippen MR) is 60.2 cm³/mol. The van der Waals surface area contributed by atoms with Crippen molar-refractivity contribution in [3.05, 3.63) is 0 Å². The van der Waals surface area contributed by atoms with Gasteiger partial charge in [0.25, 0.3) is 0 Å². The van der Waals surface area contributed by atoms with Gasteiger partial charge in [0.05, 0.1) is 0 Å². The maximum absolute atomic E-state index is 5.85. The Morgan fingerprint density at radius 1 is 1.29 bits per heavy atom. The van der Waals surface area contributed by atoms with Crippen LogP contribution in [0, 0.1) is 5.92 Å². The van der Waals surface area contributed by atoms with Gasteiger partial charge in [-0.15, -0.1) is 0 Å². The number of hydrogen-bond donors (Lipinski definition) is 1. The van der Waals surface area contributed by atoms with Gasteiger partial charge in [-0.25, -0.2) is 0 Å². The van der Waals surface area contributed by atoms with Crippen LogP contribution in [-0.4, -0.2) is 29.6 Å². The first-order valence-corrected chi connectivity index (χ1v) is 6.12. The Bertz CT molecular complexity index is 200. The van der Waals surface area contributed by atoms with Crippen molar-refractivity contribution in [3.63, 3.8) is 0 Å². The summed E-state index contributed by atoms with van der Waals surface area (Å²) in [6.07, 6.45) is 6.86. The highest BCUT2D eigenvalue weighted by Crippen LogP contribution is 2.38. The predicted octanol–water partition coefficient (Wildman–Crippen LogP) is 1.99. The maximum Gasteiger partial charge on any atom is 0.0156 e. The van der Waals surface area contributed by atoms with E-state index in [1.165, 1.54) is 38.6 Å². The summed E-state index contributed by atoms with van der Waals surface area (Å²) in [4.78, 5) is 2.73. The van der Waals surface area contributed by atoms with Crippen molar-refractivity contribution < 1.29 is 0 Å². The molecule has 2 aliphatic rings. The van der Waals surface area contributed by atoms with E-state index in [1.54, 1.807) is 0 Å². The van der Waals surface area contributed by atoms with Crippen molar-refractivity contribution in [3.8, 4) is 0 Å². The van der Waals surface area contributed by atoms with Crippen LogP contribution in [0.5, 0.6) is 0 Å². The summed E-state index contributed by atoms with van der Waals surface area (Å²) in [5, 5.41) is 0. The van der Waals surface area contributed by atoms with Crippen LogP contribution in [0.2, 0.25) is 0 Å². The molecular weight excluding hydrogens is 172 g/mol. The summed E-state index contributed by atoms with van der Waals surface area (Å²) in [7, 11) is 0. The first-order valence-electron chi connectivity index (χ1n) is 6.12. The third-order valence-electron chi connectivity index (χ3n) is 4.29. The SMILES string of the molecule is CC1(C)CCCN1C1CCCC1CN. The van der Waals surface area contributed by atoms with E-state index in [9.17, 15) is 0 Å². The lowest BCUT2D eigenvalue weighted by Gasteiger charge is -2.39. The first kappa shape index (κ1) is 10.4. The molecule has 2 heteroatoms. The summed E-state index contributed by atoms with van der Waals surface area (Å²) < 4.78 is 0. The van der Waals surface area contributed by atoms with E-state index in [0.717, 1.165) is 18.5 Å². The molecule has 2 atom stereocenters. The smallest absolute Gasteiger partial charge is 0.0156 e. The lowest BCUT2D eigenvalue weighted by atomic mass is 9.96. The zero-order chi connectivity index (χ0) is 10.2. The molecule has 2 fully saturated rings. The fraction of sp³-hybridized carbons (Fsp3) is 1.00. The van der Waals surface area contributed by atoms with E-state index < -0.39 is 0 Å². The second-order valence-electron chi connectivity index (χ2n) is 5.60. The number of nitrogens with zero attached hydrogens (tertiary/aromatic N) is 1. The number of rotatable bonds is 2. The lowest BCUT2D eigenvalue weighted by Crippen LogP contribution is -2.48. The zero-order valence-electron chi connectivity index (χ0n) is 9.63. The monoisotopic (exact) mass is 196 g/mol. The average molecular weight is 196 g/mol. The van der Waals surface area contributed by atoms with Crippen molar-refractivity contribution in [1.82, 2.24) is 4.90 Å². The molecule has 0 bridgehead atoms. The molecule has 0 radical (unpaired) electrons. The number of likely N-dealkylation sites (tertiary alicyclic amines) is 1. The van der Waals surface area contributed by atoms with Gasteiger partial charge in [-0.2, -0.15) is 0 Å². The molecule has 1 aliphatic heterocycles. The van der Waals surface area contributed by atoms with Gasteiger partial charge >= 0.3 is 0 Å². The normalized spacial score (nSPS) is 37.9. The minimum absolute atomic E-state index is 0.433. The molecule has 0 amide bonds. The Hall–Kier alpha value is -0.0800. The summed E-state index contributed by atoms with van der Waals surface area (Å²) in [5.74, 6) is 0.771. The Balaban J connectivity index is 2.06. The van der Waals surface area contributed by atoms with Crippen LogP contribution in [0.4, 0.5) is 0 Å². The Morgan fingerprint density at radius 2 is 2.07 bits per heavy atom. The van der Waals surface area contributed by atoms with Crippen molar-refractivity contribution in [2.75, 3.05) is 13.1 Å². The van der Waals surface area contributed by atoms with Crippen LogP contribution >= 0.6 is 0 Å². The van der Waals surface area contributed by atoms with Gasteiger partial charge in [-0.1, -0.05) is 6.42 Å². The van der Waals surface area contributed by atoms with Crippen molar-refractivity contribution in [1.29, 1.82) is 0 Å². The highest BCUT2D eigenvalue weighted by Gasteiger charge is 2.41. The zero-order valence-corrected chi connectivity index (χ0v) is 9.63. The molecule has 1 saturated heterocycles. The molecule has 1 aliphatic carbocycles. The van der Waals surface area contributed by atoms with E-state index in [1.807, 2.05) is 0 Å². The van der Waals surface area contributed by atoms with Gasteiger partial charge in [0.2, 0.25) is 0 Å². The Kier molecular flexibility index (Phi) is 2.85. The van der Waals surface area contributed by atoms with E-state index >= 15 is 0 Å². The largest absolute Gasteiger partial charge is 0.330 e. The fourth-order valence-corrected chi connectivity index (χ4v) is 3.45. The Labute approximate surface area is 87.8 Å². The molecule has 2 nitrogen and oxygen atoms in total. The fourth-order valence-electron chi connectivity index (χ4n) is 3.45. The van der Waals surface area contributed by atoms with E-state index in [-0.39, 0.29) is 0 Å². The van der Waals surface area contributed by atoms with Gasteiger partial charge in [0.1, 0.15) is 0 Å². The van der Waals surface area contributed by atoms with Crippen LogP contribution < -0.4 is 5.73 Å². The van der Waals surface area contributed by atoms with E-state index in [0.29, 0.717) is 5.54 Å². The van der Waals surface area contributed by atoms with Crippen LogP contribution in [0.1, 0.15) is 46.0 Å². The number of nitrogens with two attached hydrogens (primary N) is 1. The molecule has 0 aromatic carbocycles. The van der Waals surface area contributed by atoms with Gasteiger partial charge in [-0.3, -0.25) is 4.90 Å². The standard InChI is InChI=1S/C12H24N2/c1-12(2)7-4-8-14(12)11-6-3-5-10(11)9-13/h10-11H,3-9,13H2,1-2H3. The molecule has 2 N–H and O–H groups in total. The number of hydrogen-bond acceptors (Lipinski definition) is 2. The molecule has 1 saturated carbocycles. The molecular formula is C12H24N2. The second kappa shape index (κ2) is 3.82. The van der Waals surface area contributed by atoms with Crippen LogP contribution in [0.25, 0.3) is 0 Å². The van der Waals surface area contributed by atoms with Gasteiger partial charge in [0.15, 0.2) is 0 Å². The molecule has 1 heterocycles. The third kappa shape index (κ3) is 1.70. The molecule has 0 spiro atoms. The van der Waals surface area contributed by atoms with Crippen LogP contribution in [0.3, 0.4) is 0 Å². The highest BCUT2D eigenvalue weighted by molar-refractivity contribution is 4.96. The van der Waals surface area contributed by atoms with Crippen LogP contribution in [0.15, 0.2) is 0 Å². The summed E-state index contributed by atoms with van der Waals surface area (Å²) in [5.41, 5.74) is 6.29. The van der Waals surface area contributed by atoms with Gasteiger partial charge in [0, 0.05) is 11.6 Å². The summed E-state index contributed by atoms with van der Waals surface area (Å²) >= 11 is 0. The Morgan fingerprint density at radius 3 is 2.64 bits per heavy atom. The molecule has 0 aromatic rings. The van der Waals surface area contributed by atoms with Crippen molar-refractivity contribution >= 4 is 0 Å². The summed E-state index contributed by atoms with van der Waals surface area (Å²) in [6.45, 7) is 6.98. The molecule has 2 unspecified atom stereocenters. The molecule has 82 valence electrons. The quantitative estimate of drug-likeness (QED) is 0.732. The first-order chi connectivity index (χ1) is 6.65. The van der Waals surface area contributed by atoms with Crippen molar-refractivity contribution in [2.45, 2.75) is 57.5 Å². The second-order valence-corrected chi connectivity index (χ2v) is 5.60. The minimum atomic E-state index is 0.433. The lowest BCUT2D eigenvalue weighted by molar-refractivity contribution is 0.0925. The third-order valence-corrected chi connectivity index (χ3v) is 4.29. The van der Waals surface area contributed by atoms with Crippen LogP contribution in [-0.2, 0) is 0 Å². The maximum atomic E-state index is 5.85. The molecule has 14 heavy (non-hydrogen) atoms. The van der Waals surface area contributed by atoms with Gasteiger partial charge in [-0.05, 0) is 58.5 Å². The van der Waals surface area contributed by atoms with E-state index in [4.69, 9.17) is 5.73 Å². The van der Waals surface area contributed by atoms with Gasteiger partial charge < -0.3 is 5.73 Å².